The Morgan fingerprint density at radius 2 is 1.78 bits per heavy atom. The summed E-state index contributed by atoms with van der Waals surface area (Å²) in [5.41, 5.74) is 7.45. The Hall–Kier alpha value is -2.64. The molecule has 1 saturated heterocycles. The second kappa shape index (κ2) is 11.8. The maximum absolute atomic E-state index is 12.1. The Morgan fingerprint density at radius 3 is 2.54 bits per heavy atom. The van der Waals surface area contributed by atoms with Crippen LogP contribution in [0, 0.1) is 9.49 Å². The summed E-state index contributed by atoms with van der Waals surface area (Å²) in [6, 6.07) is 26.0. The molecule has 0 spiro atoms. The summed E-state index contributed by atoms with van der Waals surface area (Å²) < 4.78 is 1.26. The van der Waals surface area contributed by atoms with Gasteiger partial charge in [0.15, 0.2) is 0 Å². The second-order valence-electron chi connectivity index (χ2n) is 10.5. The predicted octanol–water partition coefficient (Wildman–Crippen LogP) is 7.85. The number of anilines is 1. The number of aryl methyl sites for hydroxylation is 1. The molecular formula is C32H36IN3O. The van der Waals surface area contributed by atoms with Gasteiger partial charge in [0.25, 0.3) is 0 Å². The Morgan fingerprint density at radius 1 is 1.03 bits per heavy atom. The molecule has 1 aliphatic heterocycles. The number of aromatic amines is 1. The molecule has 192 valence electrons. The number of rotatable bonds is 8. The van der Waals surface area contributed by atoms with Crippen LogP contribution in [0.15, 0.2) is 72.8 Å². The normalized spacial score (nSPS) is 14.9. The highest BCUT2D eigenvalue weighted by Crippen LogP contribution is 2.33. The summed E-state index contributed by atoms with van der Waals surface area (Å²) in [7, 11) is 0. The average Bonchev–Trinajstić information content (AvgIpc) is 3.28. The molecule has 4 aromatic rings. The van der Waals surface area contributed by atoms with Crippen molar-refractivity contribution in [2.24, 2.45) is 5.92 Å². The molecule has 37 heavy (non-hydrogen) atoms. The number of benzene rings is 3. The zero-order valence-electron chi connectivity index (χ0n) is 21.8. The second-order valence-corrected chi connectivity index (χ2v) is 11.8. The summed E-state index contributed by atoms with van der Waals surface area (Å²) in [6.07, 6.45) is 4.56. The number of H-pyrrole nitrogens is 1. The number of hydrogen-bond acceptors (Lipinski definition) is 2. The van der Waals surface area contributed by atoms with Crippen molar-refractivity contribution in [3.63, 3.8) is 0 Å². The smallest absolute Gasteiger partial charge is 0.226 e. The molecule has 1 fully saturated rings. The molecule has 3 aromatic carbocycles. The minimum absolute atomic E-state index is 0.0104. The molecule has 0 unspecified atom stereocenters. The van der Waals surface area contributed by atoms with Gasteiger partial charge in [-0.1, -0.05) is 56.3 Å². The first kappa shape index (κ1) is 26.0. The lowest BCUT2D eigenvalue weighted by Crippen LogP contribution is -2.33. The molecule has 0 aliphatic carbocycles. The van der Waals surface area contributed by atoms with Crippen LogP contribution < -0.4 is 5.32 Å². The molecule has 0 radical (unpaired) electrons. The van der Waals surface area contributed by atoms with Crippen molar-refractivity contribution in [1.29, 1.82) is 0 Å². The summed E-state index contributed by atoms with van der Waals surface area (Å²) in [6.45, 7) is 7.24. The van der Waals surface area contributed by atoms with Gasteiger partial charge in [0.1, 0.15) is 0 Å². The number of nitrogens with zero attached hydrogens (tertiary/aromatic N) is 1. The van der Waals surface area contributed by atoms with Crippen molar-refractivity contribution in [3.05, 3.63) is 87.5 Å². The van der Waals surface area contributed by atoms with Gasteiger partial charge >= 0.3 is 0 Å². The minimum Gasteiger partial charge on any atom is -0.354 e. The van der Waals surface area contributed by atoms with Gasteiger partial charge in [-0.25, -0.2) is 0 Å². The molecule has 1 aromatic heterocycles. The molecular weight excluding hydrogens is 569 g/mol. The van der Waals surface area contributed by atoms with Gasteiger partial charge < -0.3 is 15.2 Å². The van der Waals surface area contributed by atoms with E-state index in [4.69, 9.17) is 0 Å². The van der Waals surface area contributed by atoms with Crippen LogP contribution in [0.4, 0.5) is 5.69 Å². The average molecular weight is 606 g/mol. The zero-order valence-corrected chi connectivity index (χ0v) is 23.9. The van der Waals surface area contributed by atoms with Crippen LogP contribution in [0.5, 0.6) is 0 Å². The number of carbonyl (C=O) groups excluding carboxylic acids is 1. The maximum atomic E-state index is 12.1. The molecule has 1 amide bonds. The molecule has 2 N–H and O–H groups in total. The topological polar surface area (TPSA) is 48.1 Å². The number of halogens is 1. The number of carbonyl (C=O) groups is 1. The number of fused-ring (bicyclic) bond motifs is 1. The van der Waals surface area contributed by atoms with E-state index in [2.05, 4.69) is 105 Å². The molecule has 2 heterocycles. The van der Waals surface area contributed by atoms with E-state index in [1.807, 2.05) is 19.9 Å². The van der Waals surface area contributed by atoms with E-state index in [0.717, 1.165) is 38.2 Å². The third kappa shape index (κ3) is 6.27. The summed E-state index contributed by atoms with van der Waals surface area (Å²) in [5.74, 6) is 0.629. The molecule has 5 heteroatoms. The Kier molecular flexibility index (Phi) is 8.30. The number of aromatic nitrogens is 1. The van der Waals surface area contributed by atoms with E-state index >= 15 is 0 Å². The fraction of sp³-hybridized carbons (Fsp3) is 0.344. The van der Waals surface area contributed by atoms with E-state index in [1.54, 1.807) is 0 Å². The summed E-state index contributed by atoms with van der Waals surface area (Å²) in [4.78, 5) is 18.4. The number of likely N-dealkylation sites (tertiary alicyclic amines) is 1. The van der Waals surface area contributed by atoms with Crippen LogP contribution >= 0.6 is 22.6 Å². The number of piperidine rings is 1. The van der Waals surface area contributed by atoms with Crippen LogP contribution in [0.3, 0.4) is 0 Å². The Bertz CT molecular complexity index is 1350. The van der Waals surface area contributed by atoms with Crippen LogP contribution in [-0.2, 0) is 11.2 Å². The van der Waals surface area contributed by atoms with Gasteiger partial charge in [0.2, 0.25) is 5.91 Å². The third-order valence-electron chi connectivity index (χ3n) is 7.59. The number of amides is 1. The highest BCUT2D eigenvalue weighted by molar-refractivity contribution is 14.1. The first-order valence-electron chi connectivity index (χ1n) is 13.5. The fourth-order valence-electron chi connectivity index (χ4n) is 5.45. The Labute approximate surface area is 234 Å². The first-order valence-corrected chi connectivity index (χ1v) is 14.5. The first-order chi connectivity index (χ1) is 18.0. The highest BCUT2D eigenvalue weighted by Gasteiger charge is 2.21. The fourth-order valence-corrected chi connectivity index (χ4v) is 5.81. The molecule has 1 aliphatic rings. The van der Waals surface area contributed by atoms with Crippen LogP contribution in [-0.4, -0.2) is 35.4 Å². The zero-order chi connectivity index (χ0) is 25.8. The van der Waals surface area contributed by atoms with Crippen molar-refractivity contribution in [2.75, 3.05) is 25.0 Å². The van der Waals surface area contributed by atoms with Gasteiger partial charge in [0.05, 0.1) is 0 Å². The predicted molar refractivity (Wildman–Crippen MR) is 163 cm³/mol. The molecule has 0 bridgehead atoms. The molecule has 0 saturated carbocycles. The van der Waals surface area contributed by atoms with Gasteiger partial charge in [0, 0.05) is 31.8 Å². The van der Waals surface area contributed by atoms with Crippen LogP contribution in [0.25, 0.3) is 22.2 Å². The lowest BCUT2D eigenvalue weighted by molar-refractivity contribution is -0.118. The number of hydrogen-bond donors (Lipinski definition) is 2. The third-order valence-corrected chi connectivity index (χ3v) is 8.30. The number of nitrogens with one attached hydrogen (secondary N) is 2. The standard InChI is InChI=1S/C32H36IN3O/c1-22(2)32(37)34-27-8-5-7-25(21-27)23-16-19-36(20-17-23)18-6-10-29-28-9-3-4-11-30(28)35-31(29)24-12-14-26(33)15-13-24/h3-5,7-9,11-15,21-23,35H,6,10,16-20H2,1-2H3,(H,34,37). The van der Waals surface area contributed by atoms with Crippen molar-refractivity contribution in [2.45, 2.75) is 45.4 Å². The highest BCUT2D eigenvalue weighted by atomic mass is 127. The largest absolute Gasteiger partial charge is 0.354 e. The molecule has 4 nitrogen and oxygen atoms in total. The van der Waals surface area contributed by atoms with E-state index in [9.17, 15) is 4.79 Å². The van der Waals surface area contributed by atoms with Gasteiger partial charge in [-0.05, 0) is 121 Å². The van der Waals surface area contributed by atoms with Gasteiger partial charge in [-0.15, -0.1) is 0 Å². The van der Waals surface area contributed by atoms with Crippen molar-refractivity contribution in [3.8, 4) is 11.3 Å². The van der Waals surface area contributed by atoms with Crippen LogP contribution in [0.2, 0.25) is 0 Å². The quantitative estimate of drug-likeness (QED) is 0.201. The van der Waals surface area contributed by atoms with E-state index in [-0.39, 0.29) is 11.8 Å². The van der Waals surface area contributed by atoms with Crippen molar-refractivity contribution < 1.29 is 4.79 Å². The molecule has 0 atom stereocenters. The van der Waals surface area contributed by atoms with Gasteiger partial charge in [-0.2, -0.15) is 0 Å². The van der Waals surface area contributed by atoms with Crippen LogP contribution in [0.1, 0.15) is 50.2 Å². The monoisotopic (exact) mass is 605 g/mol. The van der Waals surface area contributed by atoms with E-state index in [0.29, 0.717) is 5.92 Å². The summed E-state index contributed by atoms with van der Waals surface area (Å²) >= 11 is 2.37. The van der Waals surface area contributed by atoms with Gasteiger partial charge in [-0.3, -0.25) is 4.79 Å². The molecule has 5 rings (SSSR count). The van der Waals surface area contributed by atoms with E-state index in [1.165, 1.54) is 49.7 Å². The lowest BCUT2D eigenvalue weighted by atomic mass is 9.89. The van der Waals surface area contributed by atoms with E-state index < -0.39 is 0 Å². The van der Waals surface area contributed by atoms with Crippen molar-refractivity contribution in [1.82, 2.24) is 9.88 Å². The maximum Gasteiger partial charge on any atom is 0.226 e. The lowest BCUT2D eigenvalue weighted by Gasteiger charge is -2.32. The Balaban J connectivity index is 1.19. The summed E-state index contributed by atoms with van der Waals surface area (Å²) in [5, 5.41) is 4.40. The number of para-hydroxylation sites is 1. The minimum atomic E-state index is -0.0104. The SMILES string of the molecule is CC(C)C(=O)Nc1cccc(C2CCN(CCCc3c(-c4ccc(I)cc4)[nH]c4ccccc34)CC2)c1. The van der Waals surface area contributed by atoms with Crippen molar-refractivity contribution >= 4 is 45.1 Å².